The average molecular weight is 339 g/mol. The second-order valence-corrected chi connectivity index (χ2v) is 7.13. The lowest BCUT2D eigenvalue weighted by Crippen LogP contribution is -2.41. The van der Waals surface area contributed by atoms with Crippen LogP contribution in [0.3, 0.4) is 0 Å². The van der Waals surface area contributed by atoms with Crippen molar-refractivity contribution in [2.45, 2.75) is 32.4 Å². The highest BCUT2D eigenvalue weighted by molar-refractivity contribution is 7.13. The smallest absolute Gasteiger partial charge is 0.149 e. The Kier molecular flexibility index (Phi) is 4.40. The molecule has 124 valence electrons. The minimum atomic E-state index is 0.417. The minimum absolute atomic E-state index is 0.417. The third-order valence-electron chi connectivity index (χ3n) is 4.54. The van der Waals surface area contributed by atoms with Gasteiger partial charge in [0.1, 0.15) is 17.0 Å². The normalized spacial score (nSPS) is 18.8. The summed E-state index contributed by atoms with van der Waals surface area (Å²) in [4.78, 5) is 12.3. The highest BCUT2D eigenvalue weighted by Gasteiger charge is 2.21. The average Bonchev–Trinajstić information content (AvgIpc) is 2.99. The summed E-state index contributed by atoms with van der Waals surface area (Å²) in [5.41, 5.74) is 2.38. The van der Waals surface area contributed by atoms with Crippen molar-refractivity contribution in [3.05, 3.63) is 47.9 Å². The summed E-state index contributed by atoms with van der Waals surface area (Å²) in [6, 6.07) is 11.1. The molecule has 24 heavy (non-hydrogen) atoms. The molecule has 1 fully saturated rings. The van der Waals surface area contributed by atoms with Gasteiger partial charge in [0.05, 0.1) is 11.1 Å². The van der Waals surface area contributed by atoms with Crippen LogP contribution in [0.4, 0.5) is 5.82 Å². The van der Waals surface area contributed by atoms with Crippen molar-refractivity contribution < 1.29 is 0 Å². The molecule has 1 saturated heterocycles. The number of nitrogens with one attached hydrogen (secondary N) is 1. The fourth-order valence-electron chi connectivity index (χ4n) is 3.38. The van der Waals surface area contributed by atoms with Gasteiger partial charge < -0.3 is 5.32 Å². The molecule has 0 bridgehead atoms. The molecule has 1 aliphatic rings. The quantitative estimate of drug-likeness (QED) is 0.789. The number of nitrogens with zero attached hydrogens (tertiary/aromatic N) is 4. The number of benzene rings is 1. The Hall–Kier alpha value is -2.05. The van der Waals surface area contributed by atoms with Crippen LogP contribution in [0, 0.1) is 6.92 Å². The Morgan fingerprint density at radius 1 is 1.25 bits per heavy atom. The molecule has 0 radical (unpaired) electrons. The lowest BCUT2D eigenvalue weighted by atomic mass is 10.0. The van der Waals surface area contributed by atoms with Crippen LogP contribution in [0.1, 0.15) is 24.1 Å². The molecule has 1 N–H and O–H groups in total. The van der Waals surface area contributed by atoms with Crippen LogP contribution in [-0.2, 0) is 6.54 Å². The Bertz CT molecular complexity index is 817. The number of likely N-dealkylation sites (tertiary alicyclic amines) is 1. The summed E-state index contributed by atoms with van der Waals surface area (Å²) in [5.74, 6) is 0.929. The first-order valence-electron chi connectivity index (χ1n) is 8.39. The maximum Gasteiger partial charge on any atom is 0.149 e. The number of aryl methyl sites for hydroxylation is 1. The lowest BCUT2D eigenvalue weighted by molar-refractivity contribution is 0.208. The van der Waals surface area contributed by atoms with Gasteiger partial charge in [-0.25, -0.2) is 9.97 Å². The monoisotopic (exact) mass is 339 g/mol. The third kappa shape index (κ3) is 3.25. The molecule has 1 atom stereocenters. The van der Waals surface area contributed by atoms with Crippen molar-refractivity contribution in [2.75, 3.05) is 18.4 Å². The summed E-state index contributed by atoms with van der Waals surface area (Å²) in [5, 5.41) is 4.71. The van der Waals surface area contributed by atoms with E-state index in [1.807, 2.05) is 6.92 Å². The van der Waals surface area contributed by atoms with Crippen LogP contribution in [0.25, 0.3) is 10.2 Å². The fraction of sp³-hybridized carbons (Fsp3) is 0.389. The summed E-state index contributed by atoms with van der Waals surface area (Å²) in [7, 11) is 0. The third-order valence-corrected chi connectivity index (χ3v) is 5.39. The van der Waals surface area contributed by atoms with E-state index >= 15 is 0 Å². The van der Waals surface area contributed by atoms with Crippen LogP contribution >= 0.6 is 11.5 Å². The molecule has 1 aliphatic heterocycles. The van der Waals surface area contributed by atoms with Gasteiger partial charge in [-0.3, -0.25) is 4.90 Å². The molecule has 4 rings (SSSR count). The van der Waals surface area contributed by atoms with Crippen molar-refractivity contribution in [3.8, 4) is 0 Å². The van der Waals surface area contributed by atoms with Crippen molar-refractivity contribution >= 4 is 27.6 Å². The van der Waals surface area contributed by atoms with Gasteiger partial charge in [0.2, 0.25) is 0 Å². The second kappa shape index (κ2) is 6.83. The van der Waals surface area contributed by atoms with Crippen molar-refractivity contribution in [1.29, 1.82) is 0 Å². The zero-order valence-corrected chi connectivity index (χ0v) is 14.6. The van der Waals surface area contributed by atoms with E-state index in [2.05, 4.69) is 54.9 Å². The molecule has 0 spiro atoms. The number of hydrogen-bond donors (Lipinski definition) is 1. The SMILES string of the molecule is Cc1nsc2ncnc(NC3CCCN(Cc4ccccc4)C3)c12. The summed E-state index contributed by atoms with van der Waals surface area (Å²) < 4.78 is 4.41. The minimum Gasteiger partial charge on any atom is -0.365 e. The zero-order chi connectivity index (χ0) is 16.4. The maximum absolute atomic E-state index is 4.47. The fourth-order valence-corrected chi connectivity index (χ4v) is 4.13. The van der Waals surface area contributed by atoms with Gasteiger partial charge in [0.25, 0.3) is 0 Å². The van der Waals surface area contributed by atoms with E-state index in [-0.39, 0.29) is 0 Å². The van der Waals surface area contributed by atoms with E-state index in [4.69, 9.17) is 0 Å². The summed E-state index contributed by atoms with van der Waals surface area (Å²) in [6.45, 7) is 5.23. The number of fused-ring (bicyclic) bond motifs is 1. The molecule has 0 saturated carbocycles. The van der Waals surface area contributed by atoms with E-state index in [1.165, 1.54) is 29.9 Å². The first kappa shape index (κ1) is 15.5. The molecule has 5 nitrogen and oxygen atoms in total. The Morgan fingerprint density at radius 3 is 3.00 bits per heavy atom. The number of hydrogen-bond acceptors (Lipinski definition) is 6. The van der Waals surface area contributed by atoms with Gasteiger partial charge >= 0.3 is 0 Å². The first-order chi connectivity index (χ1) is 11.8. The van der Waals surface area contributed by atoms with E-state index in [0.29, 0.717) is 6.04 Å². The van der Waals surface area contributed by atoms with E-state index in [9.17, 15) is 0 Å². The van der Waals surface area contributed by atoms with Gasteiger partial charge in [-0.2, -0.15) is 4.37 Å². The molecule has 3 aromatic rings. The number of piperidine rings is 1. The number of anilines is 1. The molecule has 0 aliphatic carbocycles. The van der Waals surface area contributed by atoms with Crippen molar-refractivity contribution in [2.24, 2.45) is 0 Å². The van der Waals surface area contributed by atoms with Crippen LogP contribution in [0.5, 0.6) is 0 Å². The van der Waals surface area contributed by atoms with Crippen LogP contribution in [0.2, 0.25) is 0 Å². The molecule has 3 heterocycles. The molecular formula is C18H21N5S. The van der Waals surface area contributed by atoms with E-state index in [0.717, 1.165) is 41.4 Å². The van der Waals surface area contributed by atoms with Crippen LogP contribution in [0.15, 0.2) is 36.7 Å². The van der Waals surface area contributed by atoms with Crippen LogP contribution < -0.4 is 5.32 Å². The molecule has 0 amide bonds. The Labute approximate surface area is 145 Å². The predicted octanol–water partition coefficient (Wildman–Crippen LogP) is 3.47. The summed E-state index contributed by atoms with van der Waals surface area (Å²) in [6.07, 6.45) is 4.01. The van der Waals surface area contributed by atoms with Gasteiger partial charge in [0, 0.05) is 19.1 Å². The molecular weight excluding hydrogens is 318 g/mol. The lowest BCUT2D eigenvalue weighted by Gasteiger charge is -2.33. The van der Waals surface area contributed by atoms with E-state index in [1.54, 1.807) is 6.33 Å². The summed E-state index contributed by atoms with van der Waals surface area (Å²) >= 11 is 1.44. The van der Waals surface area contributed by atoms with Gasteiger partial charge in [-0.1, -0.05) is 30.3 Å². The van der Waals surface area contributed by atoms with Crippen molar-refractivity contribution in [3.63, 3.8) is 0 Å². The Morgan fingerprint density at radius 2 is 2.12 bits per heavy atom. The zero-order valence-electron chi connectivity index (χ0n) is 13.8. The first-order valence-corrected chi connectivity index (χ1v) is 9.17. The predicted molar refractivity (Wildman–Crippen MR) is 98.3 cm³/mol. The Balaban J connectivity index is 1.47. The molecule has 6 heteroatoms. The second-order valence-electron chi connectivity index (χ2n) is 6.37. The van der Waals surface area contributed by atoms with Gasteiger partial charge in [-0.05, 0) is 43.4 Å². The standard InChI is InChI=1S/C18H21N5S/c1-13-16-17(19-12-20-18(16)24-22-13)21-15-8-5-9-23(11-15)10-14-6-3-2-4-7-14/h2-4,6-7,12,15H,5,8-11H2,1H3,(H,19,20,21). The highest BCUT2D eigenvalue weighted by Crippen LogP contribution is 2.27. The van der Waals surface area contributed by atoms with Gasteiger partial charge in [0.15, 0.2) is 0 Å². The highest BCUT2D eigenvalue weighted by atomic mass is 32.1. The molecule has 1 aromatic carbocycles. The largest absolute Gasteiger partial charge is 0.365 e. The maximum atomic E-state index is 4.47. The van der Waals surface area contributed by atoms with Gasteiger partial charge in [-0.15, -0.1) is 0 Å². The topological polar surface area (TPSA) is 53.9 Å². The molecule has 2 aromatic heterocycles. The number of aromatic nitrogens is 3. The van der Waals surface area contributed by atoms with E-state index < -0.39 is 0 Å². The van der Waals surface area contributed by atoms with Crippen molar-refractivity contribution in [1.82, 2.24) is 19.2 Å². The molecule has 1 unspecified atom stereocenters. The van der Waals surface area contributed by atoms with Crippen LogP contribution in [-0.4, -0.2) is 38.4 Å². The number of rotatable bonds is 4.